The van der Waals surface area contributed by atoms with E-state index in [1.165, 1.54) is 43.8 Å². The Hall–Kier alpha value is -6.65. The molecule has 0 fully saturated rings. The summed E-state index contributed by atoms with van der Waals surface area (Å²) in [5.41, 5.74) is 8.58. The van der Waals surface area contributed by atoms with Gasteiger partial charge < -0.3 is 4.42 Å². The first-order chi connectivity index (χ1) is 25.7. The summed E-state index contributed by atoms with van der Waals surface area (Å²) in [6.07, 6.45) is 4.46. The Labute approximate surface area is 301 Å². The largest absolute Gasteiger partial charge is 0.456 e. The first kappa shape index (κ1) is 30.2. The van der Waals surface area contributed by atoms with Crippen LogP contribution in [0.3, 0.4) is 0 Å². The lowest BCUT2D eigenvalue weighted by Gasteiger charge is -2.26. The minimum atomic E-state index is 0.134. The highest BCUT2D eigenvalue weighted by molar-refractivity contribution is 6.13. The van der Waals surface area contributed by atoms with E-state index in [9.17, 15) is 0 Å². The van der Waals surface area contributed by atoms with E-state index in [1.807, 2.05) is 66.7 Å². The standard InChI is InChI=1S/C48H33N3O/c1-30-36(33-19-12-20-34(28-33)41-29-35-18-8-9-21-37(35)38-22-10-11-23-39(38)41)26-27-43-44(30)45-40(24-13-25-42(45)52-43)48-50-46(31-14-4-2-5-15-31)49-47(51-48)32-16-6-3-7-17-32/h2-30,36H,1H3. The van der Waals surface area contributed by atoms with Crippen LogP contribution >= 0.6 is 0 Å². The van der Waals surface area contributed by atoms with E-state index in [0.29, 0.717) is 17.5 Å². The smallest absolute Gasteiger partial charge is 0.164 e. The SMILES string of the molecule is CC1c2c(oc3cccc(-c4nc(-c5ccccc5)nc(-c5ccccc5)n4)c23)C=CC1c1cccc(-c2cc3ccccc3c3ccccc23)c1. The summed E-state index contributed by atoms with van der Waals surface area (Å²) in [7, 11) is 0. The number of aromatic nitrogens is 3. The second-order valence-corrected chi connectivity index (χ2v) is 13.6. The van der Waals surface area contributed by atoms with Crippen molar-refractivity contribution in [2.45, 2.75) is 18.8 Å². The Balaban J connectivity index is 1.10. The quantitative estimate of drug-likeness (QED) is 0.171. The normalized spacial score (nSPS) is 15.3. The van der Waals surface area contributed by atoms with Crippen LogP contribution in [0.15, 0.2) is 168 Å². The zero-order chi connectivity index (χ0) is 34.6. The molecule has 0 saturated carbocycles. The van der Waals surface area contributed by atoms with Gasteiger partial charge in [0, 0.05) is 33.6 Å². The molecule has 52 heavy (non-hydrogen) atoms. The Bertz CT molecular complexity index is 2760. The number of benzene rings is 7. The van der Waals surface area contributed by atoms with Gasteiger partial charge in [0.25, 0.3) is 0 Å². The van der Waals surface area contributed by atoms with Gasteiger partial charge in [-0.1, -0.05) is 159 Å². The molecule has 1 aliphatic carbocycles. The predicted octanol–water partition coefficient (Wildman–Crippen LogP) is 12.5. The summed E-state index contributed by atoms with van der Waals surface area (Å²) in [5, 5.41) is 6.12. The van der Waals surface area contributed by atoms with Gasteiger partial charge >= 0.3 is 0 Å². The van der Waals surface area contributed by atoms with Gasteiger partial charge in [-0.05, 0) is 62.4 Å². The van der Waals surface area contributed by atoms with Crippen molar-refractivity contribution in [1.29, 1.82) is 0 Å². The maximum atomic E-state index is 6.56. The summed E-state index contributed by atoms with van der Waals surface area (Å²) in [6.45, 7) is 2.31. The monoisotopic (exact) mass is 667 g/mol. The average molecular weight is 668 g/mol. The fourth-order valence-electron chi connectivity index (χ4n) is 8.03. The molecule has 0 aliphatic heterocycles. The van der Waals surface area contributed by atoms with E-state index >= 15 is 0 Å². The van der Waals surface area contributed by atoms with E-state index < -0.39 is 0 Å². The fourth-order valence-corrected chi connectivity index (χ4v) is 8.03. The van der Waals surface area contributed by atoms with Gasteiger partial charge in [-0.15, -0.1) is 0 Å². The summed E-state index contributed by atoms with van der Waals surface area (Å²) < 4.78 is 6.56. The highest BCUT2D eigenvalue weighted by atomic mass is 16.3. The molecule has 1 aliphatic rings. The molecule has 10 rings (SSSR count). The second kappa shape index (κ2) is 12.3. The highest BCUT2D eigenvalue weighted by Gasteiger charge is 2.31. The van der Waals surface area contributed by atoms with E-state index in [-0.39, 0.29) is 11.8 Å². The van der Waals surface area contributed by atoms with Crippen molar-refractivity contribution in [3.8, 4) is 45.3 Å². The number of furan rings is 1. The van der Waals surface area contributed by atoms with Crippen molar-refractivity contribution in [3.05, 3.63) is 181 Å². The van der Waals surface area contributed by atoms with Gasteiger partial charge in [-0.2, -0.15) is 0 Å². The minimum Gasteiger partial charge on any atom is -0.456 e. The van der Waals surface area contributed by atoms with Crippen LogP contribution in [0.4, 0.5) is 0 Å². The van der Waals surface area contributed by atoms with Gasteiger partial charge in [-0.25, -0.2) is 15.0 Å². The van der Waals surface area contributed by atoms with Gasteiger partial charge in [-0.3, -0.25) is 0 Å². The molecular formula is C48H33N3O. The number of fused-ring (bicyclic) bond motifs is 6. The molecule has 2 atom stereocenters. The third kappa shape index (κ3) is 5.03. The Kier molecular flexibility index (Phi) is 7.14. The fraction of sp³-hybridized carbons (Fsp3) is 0.0625. The molecule has 0 amide bonds. The van der Waals surface area contributed by atoms with E-state index in [1.54, 1.807) is 0 Å². The number of allylic oxidation sites excluding steroid dienone is 1. The van der Waals surface area contributed by atoms with Gasteiger partial charge in [0.2, 0.25) is 0 Å². The molecule has 0 N–H and O–H groups in total. The lowest BCUT2D eigenvalue weighted by Crippen LogP contribution is -2.10. The van der Waals surface area contributed by atoms with Crippen molar-refractivity contribution < 1.29 is 4.42 Å². The van der Waals surface area contributed by atoms with Crippen LogP contribution in [0.2, 0.25) is 0 Å². The van der Waals surface area contributed by atoms with Gasteiger partial charge in [0.15, 0.2) is 17.5 Å². The zero-order valence-electron chi connectivity index (χ0n) is 28.6. The van der Waals surface area contributed by atoms with Crippen molar-refractivity contribution in [2.24, 2.45) is 0 Å². The molecule has 2 aromatic heterocycles. The van der Waals surface area contributed by atoms with E-state index in [2.05, 4.69) is 110 Å². The van der Waals surface area contributed by atoms with Crippen LogP contribution in [0, 0.1) is 0 Å². The maximum absolute atomic E-state index is 6.56. The lowest BCUT2D eigenvalue weighted by molar-refractivity contribution is 0.574. The number of hydrogen-bond donors (Lipinski definition) is 0. The minimum absolute atomic E-state index is 0.134. The van der Waals surface area contributed by atoms with Gasteiger partial charge in [0.05, 0.1) is 0 Å². The van der Waals surface area contributed by atoms with Crippen LogP contribution in [0.1, 0.15) is 35.6 Å². The van der Waals surface area contributed by atoms with Crippen LogP contribution in [-0.2, 0) is 0 Å². The van der Waals surface area contributed by atoms with E-state index in [4.69, 9.17) is 19.4 Å². The molecular weight excluding hydrogens is 635 g/mol. The number of rotatable bonds is 5. The van der Waals surface area contributed by atoms with E-state index in [0.717, 1.165) is 33.4 Å². The predicted molar refractivity (Wildman–Crippen MR) is 213 cm³/mol. The first-order valence-corrected chi connectivity index (χ1v) is 17.8. The molecule has 9 aromatic rings. The Morgan fingerprint density at radius 1 is 0.500 bits per heavy atom. The molecule has 246 valence electrons. The number of hydrogen-bond acceptors (Lipinski definition) is 4. The molecule has 0 spiro atoms. The average Bonchev–Trinajstić information content (AvgIpc) is 3.61. The second-order valence-electron chi connectivity index (χ2n) is 13.6. The molecule has 4 nitrogen and oxygen atoms in total. The molecule has 7 aromatic carbocycles. The summed E-state index contributed by atoms with van der Waals surface area (Å²) in [5.74, 6) is 3.08. The van der Waals surface area contributed by atoms with Crippen molar-refractivity contribution >= 4 is 38.6 Å². The van der Waals surface area contributed by atoms with Crippen LogP contribution < -0.4 is 0 Å². The third-order valence-corrected chi connectivity index (χ3v) is 10.5. The molecule has 2 unspecified atom stereocenters. The summed E-state index contributed by atoms with van der Waals surface area (Å²) in [4.78, 5) is 15.1. The Morgan fingerprint density at radius 3 is 1.87 bits per heavy atom. The number of nitrogens with zero attached hydrogens (tertiary/aromatic N) is 3. The highest BCUT2D eigenvalue weighted by Crippen LogP contribution is 2.48. The van der Waals surface area contributed by atoms with Crippen molar-refractivity contribution in [1.82, 2.24) is 15.0 Å². The van der Waals surface area contributed by atoms with Crippen molar-refractivity contribution in [3.63, 3.8) is 0 Å². The molecule has 0 bridgehead atoms. The van der Waals surface area contributed by atoms with Crippen LogP contribution in [0.5, 0.6) is 0 Å². The Morgan fingerprint density at radius 2 is 1.12 bits per heavy atom. The topological polar surface area (TPSA) is 51.8 Å². The van der Waals surface area contributed by atoms with Gasteiger partial charge in [0.1, 0.15) is 11.3 Å². The zero-order valence-corrected chi connectivity index (χ0v) is 28.6. The maximum Gasteiger partial charge on any atom is 0.164 e. The summed E-state index contributed by atoms with van der Waals surface area (Å²) in [6, 6.07) is 55.3. The van der Waals surface area contributed by atoms with Crippen LogP contribution in [0.25, 0.3) is 83.9 Å². The molecule has 2 heterocycles. The molecule has 4 heteroatoms. The molecule has 0 radical (unpaired) electrons. The summed E-state index contributed by atoms with van der Waals surface area (Å²) >= 11 is 0. The van der Waals surface area contributed by atoms with Crippen LogP contribution in [-0.4, -0.2) is 15.0 Å². The van der Waals surface area contributed by atoms with Crippen molar-refractivity contribution in [2.75, 3.05) is 0 Å². The molecule has 0 saturated heterocycles. The lowest BCUT2D eigenvalue weighted by atomic mass is 9.77. The first-order valence-electron chi connectivity index (χ1n) is 17.8. The third-order valence-electron chi connectivity index (χ3n) is 10.5.